The van der Waals surface area contributed by atoms with Gasteiger partial charge in [0, 0.05) is 23.1 Å². The van der Waals surface area contributed by atoms with Crippen LogP contribution in [-0.2, 0) is 6.54 Å². The Morgan fingerprint density at radius 2 is 1.83 bits per heavy atom. The van der Waals surface area contributed by atoms with Crippen molar-refractivity contribution in [2.24, 2.45) is 5.73 Å². The van der Waals surface area contributed by atoms with Crippen LogP contribution in [0.3, 0.4) is 0 Å². The molecular weight excluding hydrogens is 308 g/mol. The first-order chi connectivity index (χ1) is 11.2. The van der Waals surface area contributed by atoms with Crippen molar-refractivity contribution in [3.63, 3.8) is 0 Å². The molecule has 0 aliphatic rings. The maximum Gasteiger partial charge on any atom is 0.128 e. The number of hydrogen-bond acceptors (Lipinski definition) is 5. The minimum Gasteiger partial charge on any atom is -0.497 e. The molecule has 1 aromatic heterocycles. The van der Waals surface area contributed by atoms with Crippen molar-refractivity contribution in [3.05, 3.63) is 53.4 Å². The van der Waals surface area contributed by atoms with E-state index in [1.807, 2.05) is 47.8 Å². The first kappa shape index (κ1) is 15.5. The van der Waals surface area contributed by atoms with Gasteiger partial charge in [-0.05, 0) is 23.8 Å². The monoisotopic (exact) mass is 326 g/mol. The average molecular weight is 326 g/mol. The number of hydrogen-bond donors (Lipinski definition) is 1. The maximum atomic E-state index is 5.64. The summed E-state index contributed by atoms with van der Waals surface area (Å²) in [6.07, 6.45) is 0. The van der Waals surface area contributed by atoms with Gasteiger partial charge in [0.15, 0.2) is 0 Å². The second-order valence-electron chi connectivity index (χ2n) is 5.01. The molecule has 5 heteroatoms. The Morgan fingerprint density at radius 3 is 2.48 bits per heavy atom. The van der Waals surface area contributed by atoms with Crippen LogP contribution in [0.5, 0.6) is 11.5 Å². The smallest absolute Gasteiger partial charge is 0.128 e. The number of thiazole rings is 1. The SMILES string of the molecule is COc1ccc(OC)c(-c2csc(-c3ccc(CN)cc3)n2)c1. The molecule has 23 heavy (non-hydrogen) atoms. The number of benzene rings is 2. The number of nitrogens with two attached hydrogens (primary N) is 1. The summed E-state index contributed by atoms with van der Waals surface area (Å²) < 4.78 is 10.7. The zero-order valence-corrected chi connectivity index (χ0v) is 13.9. The van der Waals surface area contributed by atoms with Crippen molar-refractivity contribution in [3.8, 4) is 33.3 Å². The minimum absolute atomic E-state index is 0.546. The highest BCUT2D eigenvalue weighted by Crippen LogP contribution is 2.36. The van der Waals surface area contributed by atoms with E-state index in [-0.39, 0.29) is 0 Å². The summed E-state index contributed by atoms with van der Waals surface area (Å²) in [6.45, 7) is 0.546. The lowest BCUT2D eigenvalue weighted by Gasteiger charge is -2.08. The molecule has 3 rings (SSSR count). The van der Waals surface area contributed by atoms with Crippen molar-refractivity contribution < 1.29 is 9.47 Å². The predicted octanol–water partition coefficient (Wildman–Crippen LogP) is 3.95. The summed E-state index contributed by atoms with van der Waals surface area (Å²) in [5, 5.41) is 3.00. The van der Waals surface area contributed by atoms with E-state index in [1.165, 1.54) is 0 Å². The van der Waals surface area contributed by atoms with E-state index in [0.717, 1.165) is 38.9 Å². The van der Waals surface area contributed by atoms with E-state index in [0.29, 0.717) is 6.54 Å². The van der Waals surface area contributed by atoms with E-state index < -0.39 is 0 Å². The fraction of sp³-hybridized carbons (Fsp3) is 0.167. The molecule has 0 aliphatic carbocycles. The van der Waals surface area contributed by atoms with Crippen molar-refractivity contribution in [1.29, 1.82) is 0 Å². The lowest BCUT2D eigenvalue weighted by molar-refractivity contribution is 0.404. The van der Waals surface area contributed by atoms with Crippen molar-refractivity contribution >= 4 is 11.3 Å². The third-order valence-electron chi connectivity index (χ3n) is 3.62. The summed E-state index contributed by atoms with van der Waals surface area (Å²) in [4.78, 5) is 4.74. The summed E-state index contributed by atoms with van der Waals surface area (Å²) in [5.41, 5.74) is 9.64. The zero-order chi connectivity index (χ0) is 16.2. The molecule has 0 aliphatic heterocycles. The summed E-state index contributed by atoms with van der Waals surface area (Å²) >= 11 is 1.60. The fourth-order valence-electron chi connectivity index (χ4n) is 2.33. The highest BCUT2D eigenvalue weighted by molar-refractivity contribution is 7.13. The van der Waals surface area contributed by atoms with E-state index in [2.05, 4.69) is 0 Å². The van der Waals surface area contributed by atoms with E-state index in [9.17, 15) is 0 Å². The lowest BCUT2D eigenvalue weighted by Crippen LogP contribution is -1.95. The second kappa shape index (κ2) is 6.81. The molecule has 0 bridgehead atoms. The molecule has 2 N–H and O–H groups in total. The van der Waals surface area contributed by atoms with Gasteiger partial charge >= 0.3 is 0 Å². The van der Waals surface area contributed by atoms with Gasteiger partial charge in [-0.15, -0.1) is 11.3 Å². The Morgan fingerprint density at radius 1 is 1.04 bits per heavy atom. The van der Waals surface area contributed by atoms with Gasteiger partial charge in [0.05, 0.1) is 19.9 Å². The molecule has 0 saturated carbocycles. The maximum absolute atomic E-state index is 5.64. The van der Waals surface area contributed by atoms with Crippen LogP contribution in [0.15, 0.2) is 47.8 Å². The molecule has 1 heterocycles. The molecule has 0 atom stereocenters. The Bertz CT molecular complexity index is 797. The van der Waals surface area contributed by atoms with Gasteiger partial charge in [0.1, 0.15) is 16.5 Å². The Labute approximate surface area is 139 Å². The predicted molar refractivity (Wildman–Crippen MR) is 94.0 cm³/mol. The third-order valence-corrected chi connectivity index (χ3v) is 4.51. The molecule has 0 unspecified atom stereocenters. The first-order valence-corrected chi connectivity index (χ1v) is 8.10. The standard InChI is InChI=1S/C18H18N2O2S/c1-21-14-7-8-17(22-2)15(9-14)16-11-23-18(20-16)13-5-3-12(10-19)4-6-13/h3-9,11H,10,19H2,1-2H3. The Kier molecular flexibility index (Phi) is 4.60. The van der Waals surface area contributed by atoms with Crippen LogP contribution in [-0.4, -0.2) is 19.2 Å². The number of aromatic nitrogens is 1. The molecule has 0 spiro atoms. The van der Waals surface area contributed by atoms with Gasteiger partial charge in [-0.3, -0.25) is 0 Å². The lowest BCUT2D eigenvalue weighted by atomic mass is 10.1. The molecule has 0 fully saturated rings. The molecule has 0 radical (unpaired) electrons. The van der Waals surface area contributed by atoms with E-state index in [4.69, 9.17) is 20.2 Å². The summed E-state index contributed by atoms with van der Waals surface area (Å²) in [5.74, 6) is 1.56. The van der Waals surface area contributed by atoms with Crippen LogP contribution in [0.1, 0.15) is 5.56 Å². The van der Waals surface area contributed by atoms with Crippen LogP contribution in [0.2, 0.25) is 0 Å². The second-order valence-corrected chi connectivity index (χ2v) is 5.86. The normalized spacial score (nSPS) is 10.6. The van der Waals surface area contributed by atoms with Gasteiger partial charge in [-0.25, -0.2) is 4.98 Å². The van der Waals surface area contributed by atoms with Gasteiger partial charge in [-0.2, -0.15) is 0 Å². The number of nitrogens with zero attached hydrogens (tertiary/aromatic N) is 1. The molecular formula is C18H18N2O2S. The quantitative estimate of drug-likeness (QED) is 0.771. The zero-order valence-electron chi connectivity index (χ0n) is 13.1. The molecule has 4 nitrogen and oxygen atoms in total. The molecule has 0 amide bonds. The molecule has 2 aromatic carbocycles. The van der Waals surface area contributed by atoms with Gasteiger partial charge < -0.3 is 15.2 Å². The average Bonchev–Trinajstić information content (AvgIpc) is 3.11. The fourth-order valence-corrected chi connectivity index (χ4v) is 3.15. The van der Waals surface area contributed by atoms with Crippen LogP contribution in [0, 0.1) is 0 Å². The van der Waals surface area contributed by atoms with Gasteiger partial charge in [0.2, 0.25) is 0 Å². The third kappa shape index (κ3) is 3.21. The molecule has 3 aromatic rings. The van der Waals surface area contributed by atoms with E-state index >= 15 is 0 Å². The summed E-state index contributed by atoms with van der Waals surface area (Å²) in [7, 11) is 3.31. The largest absolute Gasteiger partial charge is 0.497 e. The highest BCUT2D eigenvalue weighted by Gasteiger charge is 2.12. The number of rotatable bonds is 5. The van der Waals surface area contributed by atoms with Crippen LogP contribution >= 0.6 is 11.3 Å². The Hall–Kier alpha value is -2.37. The minimum atomic E-state index is 0.546. The van der Waals surface area contributed by atoms with Crippen molar-refractivity contribution in [2.75, 3.05) is 14.2 Å². The van der Waals surface area contributed by atoms with E-state index in [1.54, 1.807) is 25.6 Å². The van der Waals surface area contributed by atoms with Crippen molar-refractivity contribution in [2.45, 2.75) is 6.54 Å². The van der Waals surface area contributed by atoms with Crippen LogP contribution < -0.4 is 15.2 Å². The van der Waals surface area contributed by atoms with Crippen LogP contribution in [0.4, 0.5) is 0 Å². The number of methoxy groups -OCH3 is 2. The van der Waals surface area contributed by atoms with Crippen LogP contribution in [0.25, 0.3) is 21.8 Å². The van der Waals surface area contributed by atoms with Gasteiger partial charge in [0.25, 0.3) is 0 Å². The molecule has 118 valence electrons. The first-order valence-electron chi connectivity index (χ1n) is 7.22. The van der Waals surface area contributed by atoms with Gasteiger partial charge in [-0.1, -0.05) is 24.3 Å². The number of ether oxygens (including phenoxy) is 2. The highest BCUT2D eigenvalue weighted by atomic mass is 32.1. The Balaban J connectivity index is 1.98. The molecule has 0 saturated heterocycles. The van der Waals surface area contributed by atoms with Crippen molar-refractivity contribution in [1.82, 2.24) is 4.98 Å². The topological polar surface area (TPSA) is 57.4 Å². The summed E-state index contributed by atoms with van der Waals surface area (Å²) in [6, 6.07) is 13.9.